The number of hydrogen-bond acceptors (Lipinski definition) is 7. The van der Waals surface area contributed by atoms with Gasteiger partial charge < -0.3 is 20.3 Å². The van der Waals surface area contributed by atoms with E-state index in [4.69, 9.17) is 9.84 Å². The molecule has 0 fully saturated rings. The van der Waals surface area contributed by atoms with Gasteiger partial charge in [0.15, 0.2) is 0 Å². The molecule has 0 saturated carbocycles. The van der Waals surface area contributed by atoms with Gasteiger partial charge in [-0.15, -0.1) is 12.4 Å². The van der Waals surface area contributed by atoms with Gasteiger partial charge >= 0.3 is 0 Å². The van der Waals surface area contributed by atoms with E-state index in [-0.39, 0.29) is 48.6 Å². The van der Waals surface area contributed by atoms with Crippen LogP contribution in [0.15, 0.2) is 72.8 Å². The van der Waals surface area contributed by atoms with Crippen molar-refractivity contribution in [1.29, 1.82) is 0 Å². The van der Waals surface area contributed by atoms with Gasteiger partial charge in [-0.1, -0.05) is 60.7 Å². The average Bonchev–Trinajstić information content (AvgIpc) is 2.90. The molecule has 3 aromatic rings. The smallest absolute Gasteiger partial charge is 0.268 e. The lowest BCUT2D eigenvalue weighted by atomic mass is 10.0. The minimum atomic E-state index is -3.87. The molecule has 0 aliphatic rings. The molecule has 0 bridgehead atoms. The minimum Gasteiger partial charge on any atom is -0.490 e. The van der Waals surface area contributed by atoms with E-state index in [1.807, 2.05) is 73.2 Å². The molecular weight excluding hydrogens is 540 g/mol. The molecule has 3 aromatic carbocycles. The fourth-order valence-corrected chi connectivity index (χ4v) is 4.87. The summed E-state index contributed by atoms with van der Waals surface area (Å²) in [5, 5.41) is 22.4. The quantitative estimate of drug-likeness (QED) is 0.215. The van der Waals surface area contributed by atoms with Crippen molar-refractivity contribution in [3.63, 3.8) is 0 Å². The van der Waals surface area contributed by atoms with Gasteiger partial charge in [0.1, 0.15) is 5.75 Å². The molecule has 39 heavy (non-hydrogen) atoms. The number of aliphatic hydroxyl groups is 2. The summed E-state index contributed by atoms with van der Waals surface area (Å²) in [4.78, 5) is 12.7. The Morgan fingerprint density at radius 2 is 1.64 bits per heavy atom. The Hall–Kier alpha value is -2.95. The summed E-state index contributed by atoms with van der Waals surface area (Å²) in [5.41, 5.74) is 3.90. The second kappa shape index (κ2) is 15.6. The number of benzene rings is 3. The third-order valence-corrected chi connectivity index (χ3v) is 7.13. The highest BCUT2D eigenvalue weighted by molar-refractivity contribution is 7.90. The number of carbonyl (C=O) groups is 1. The number of aliphatic hydroxyl groups excluding tert-OH is 2. The predicted octanol–water partition coefficient (Wildman–Crippen LogP) is 3.87. The summed E-state index contributed by atoms with van der Waals surface area (Å²) in [6.45, 7) is 4.57. The van der Waals surface area contributed by atoms with Crippen LogP contribution in [0.3, 0.4) is 0 Å². The Bertz CT molecular complexity index is 1280. The van der Waals surface area contributed by atoms with E-state index in [1.165, 1.54) is 0 Å². The molecule has 0 heterocycles. The molecule has 0 radical (unpaired) electrons. The zero-order valence-corrected chi connectivity index (χ0v) is 23.8. The van der Waals surface area contributed by atoms with Crippen LogP contribution in [-0.4, -0.2) is 56.1 Å². The van der Waals surface area contributed by atoms with E-state index in [9.17, 15) is 18.3 Å². The fourth-order valence-electron chi connectivity index (χ4n) is 3.87. The number of hydrogen-bond donors (Lipinski definition) is 4. The normalized spacial score (nSPS) is 12.0. The van der Waals surface area contributed by atoms with Crippen molar-refractivity contribution in [2.24, 2.45) is 0 Å². The molecule has 10 heteroatoms. The lowest BCUT2D eigenvalue weighted by molar-refractivity contribution is 0.0975. The number of sulfonamides is 1. The molecule has 0 aliphatic heterocycles. The third-order valence-electron chi connectivity index (χ3n) is 5.81. The highest BCUT2D eigenvalue weighted by Gasteiger charge is 2.20. The predicted molar refractivity (Wildman–Crippen MR) is 156 cm³/mol. The van der Waals surface area contributed by atoms with Crippen molar-refractivity contribution < 1.29 is 28.2 Å². The maximum Gasteiger partial charge on any atom is 0.268 e. The number of ether oxygens (including phenoxy) is 1. The maximum atomic E-state index is 12.7. The van der Waals surface area contributed by atoms with Gasteiger partial charge in [-0.05, 0) is 67.6 Å². The van der Waals surface area contributed by atoms with Crippen molar-refractivity contribution in [2.45, 2.75) is 38.9 Å². The van der Waals surface area contributed by atoms with Crippen LogP contribution in [-0.2, 0) is 16.4 Å². The molecule has 1 atom stereocenters. The van der Waals surface area contributed by atoms with Gasteiger partial charge in [-0.3, -0.25) is 4.79 Å². The number of rotatable bonds is 14. The van der Waals surface area contributed by atoms with Crippen LogP contribution >= 0.6 is 12.4 Å². The molecule has 0 spiro atoms. The third kappa shape index (κ3) is 10.3. The summed E-state index contributed by atoms with van der Waals surface area (Å²) in [5.74, 6) is -0.827. The molecule has 0 saturated heterocycles. The molecule has 212 valence electrons. The van der Waals surface area contributed by atoms with E-state index < -0.39 is 22.0 Å². The molecule has 3 rings (SSSR count). The first-order valence-corrected chi connectivity index (χ1v) is 14.3. The first kappa shape index (κ1) is 32.3. The largest absolute Gasteiger partial charge is 0.490 e. The van der Waals surface area contributed by atoms with Crippen LogP contribution in [0, 0.1) is 0 Å². The highest BCUT2D eigenvalue weighted by atomic mass is 35.5. The minimum absolute atomic E-state index is 0. The van der Waals surface area contributed by atoms with Crippen molar-refractivity contribution >= 4 is 28.3 Å². The van der Waals surface area contributed by atoms with E-state index in [0.29, 0.717) is 6.54 Å². The Kier molecular flexibility index (Phi) is 12.9. The standard InChI is InChI=1S/C29H36N2O6S.ClH/c1-21(2)37-28-19-25(13-14-26(28)29(34)31-38(35,36)18-6-17-32)23-11-9-22(10-12-23)15-16-30-20-27(33)24-7-4-3-5-8-24;/h3-5,7-14,19,21,27,30,32-33H,6,15-18,20H2,1-2H3,(H,31,34);1H/t27-;/m0./s1. The van der Waals surface area contributed by atoms with E-state index in [0.717, 1.165) is 35.2 Å². The van der Waals surface area contributed by atoms with Crippen LogP contribution in [0.4, 0.5) is 0 Å². The summed E-state index contributed by atoms with van der Waals surface area (Å²) < 4.78 is 32.1. The van der Waals surface area contributed by atoms with Crippen LogP contribution in [0.1, 0.15) is 47.9 Å². The fraction of sp³-hybridized carbons (Fsp3) is 0.345. The first-order valence-electron chi connectivity index (χ1n) is 12.7. The van der Waals surface area contributed by atoms with Gasteiger partial charge in [-0.2, -0.15) is 0 Å². The zero-order valence-electron chi connectivity index (χ0n) is 22.2. The monoisotopic (exact) mass is 576 g/mol. The topological polar surface area (TPSA) is 125 Å². The van der Waals surface area contributed by atoms with Crippen LogP contribution in [0.25, 0.3) is 11.1 Å². The number of halogens is 1. The van der Waals surface area contributed by atoms with E-state index in [2.05, 4.69) is 5.32 Å². The Morgan fingerprint density at radius 3 is 2.28 bits per heavy atom. The van der Waals surface area contributed by atoms with Crippen LogP contribution < -0.4 is 14.8 Å². The Morgan fingerprint density at radius 1 is 0.974 bits per heavy atom. The van der Waals surface area contributed by atoms with Gasteiger partial charge in [0.2, 0.25) is 10.0 Å². The maximum absolute atomic E-state index is 12.7. The molecular formula is C29H37ClN2O6S. The lowest BCUT2D eigenvalue weighted by Gasteiger charge is -2.16. The van der Waals surface area contributed by atoms with E-state index in [1.54, 1.807) is 18.2 Å². The second-order valence-corrected chi connectivity index (χ2v) is 11.1. The highest BCUT2D eigenvalue weighted by Crippen LogP contribution is 2.29. The summed E-state index contributed by atoms with van der Waals surface area (Å²) in [6, 6.07) is 22.6. The molecule has 0 unspecified atom stereocenters. The van der Waals surface area contributed by atoms with Crippen LogP contribution in [0.5, 0.6) is 5.75 Å². The summed E-state index contributed by atoms with van der Waals surface area (Å²) >= 11 is 0. The van der Waals surface area contributed by atoms with Gasteiger partial charge in [0, 0.05) is 13.2 Å². The molecule has 8 nitrogen and oxygen atoms in total. The number of nitrogens with one attached hydrogen (secondary N) is 2. The van der Waals surface area contributed by atoms with Crippen molar-refractivity contribution in [1.82, 2.24) is 10.0 Å². The first-order chi connectivity index (χ1) is 18.2. The Labute approximate surface area is 236 Å². The van der Waals surface area contributed by atoms with Crippen LogP contribution in [0.2, 0.25) is 0 Å². The number of carbonyl (C=O) groups excluding carboxylic acids is 1. The molecule has 4 N–H and O–H groups in total. The molecule has 0 aromatic heterocycles. The lowest BCUT2D eigenvalue weighted by Crippen LogP contribution is -2.33. The molecule has 0 aliphatic carbocycles. The molecule has 1 amide bonds. The van der Waals surface area contributed by atoms with Gasteiger partial charge in [-0.25, -0.2) is 13.1 Å². The van der Waals surface area contributed by atoms with E-state index >= 15 is 0 Å². The van der Waals surface area contributed by atoms with Crippen molar-refractivity contribution in [3.8, 4) is 16.9 Å². The van der Waals surface area contributed by atoms with Gasteiger partial charge in [0.25, 0.3) is 5.91 Å². The van der Waals surface area contributed by atoms with Crippen molar-refractivity contribution in [2.75, 3.05) is 25.4 Å². The summed E-state index contributed by atoms with van der Waals surface area (Å²) in [7, 11) is -3.87. The Balaban J connectivity index is 0.00000533. The SMILES string of the molecule is CC(C)Oc1cc(-c2ccc(CCNC[C@H](O)c3ccccc3)cc2)ccc1C(=O)NS(=O)(=O)CCCO.Cl. The van der Waals surface area contributed by atoms with Crippen molar-refractivity contribution in [3.05, 3.63) is 89.5 Å². The summed E-state index contributed by atoms with van der Waals surface area (Å²) in [6.07, 6.45) is 0.0657. The second-order valence-electron chi connectivity index (χ2n) is 9.28. The zero-order chi connectivity index (χ0) is 27.5. The van der Waals surface area contributed by atoms with Gasteiger partial charge in [0.05, 0.1) is 23.5 Å². The number of amides is 1. The average molecular weight is 577 g/mol.